The number of epoxide rings is 1. The van der Waals surface area contributed by atoms with Crippen molar-refractivity contribution < 1.29 is 36.0 Å². The van der Waals surface area contributed by atoms with Crippen molar-refractivity contribution in [3.63, 3.8) is 0 Å². The minimum Gasteiger partial charge on any atom is -0.375 e. The summed E-state index contributed by atoms with van der Waals surface area (Å²) in [6.45, 7) is 1.23. The van der Waals surface area contributed by atoms with Gasteiger partial charge in [0.1, 0.15) is 6.10 Å². The van der Waals surface area contributed by atoms with Gasteiger partial charge in [-0.2, -0.15) is 17.2 Å². The zero-order valence-electron chi connectivity index (χ0n) is 11.8. The molecule has 0 spiro atoms. The van der Waals surface area contributed by atoms with Crippen LogP contribution in [0.2, 0.25) is 0 Å². The van der Waals surface area contributed by atoms with E-state index in [-0.39, 0.29) is 24.7 Å². The Morgan fingerprint density at radius 2 is 1.91 bits per heavy atom. The lowest BCUT2D eigenvalue weighted by molar-refractivity contribution is -0.136. The van der Waals surface area contributed by atoms with Crippen LogP contribution in [0.4, 0.5) is 8.78 Å². The maximum absolute atomic E-state index is 13.0. The average molecular weight is 343 g/mol. The van der Waals surface area contributed by atoms with Crippen LogP contribution < -0.4 is 5.32 Å². The van der Waals surface area contributed by atoms with E-state index in [0.29, 0.717) is 19.4 Å². The SMILES string of the molecule is O=C(NCC1CCC(OCC2CO2)CC1)C(F)(F)S(=O)(=O)O. The fourth-order valence-corrected chi connectivity index (χ4v) is 2.67. The largest absolute Gasteiger partial charge is 0.446 e. The van der Waals surface area contributed by atoms with E-state index in [0.717, 1.165) is 19.4 Å². The summed E-state index contributed by atoms with van der Waals surface area (Å²) in [4.78, 5) is 11.2. The highest BCUT2D eigenvalue weighted by molar-refractivity contribution is 7.87. The standard InChI is InChI=1S/C12H19F2NO6S/c13-12(14,22(17,18)19)11(16)15-5-8-1-3-9(4-2-8)20-6-10-7-21-10/h8-10H,1-7H2,(H,15,16)(H,17,18,19). The van der Waals surface area contributed by atoms with Crippen LogP contribution in [0.1, 0.15) is 25.7 Å². The molecule has 1 aliphatic carbocycles. The second-order valence-corrected chi connectivity index (χ2v) is 7.10. The van der Waals surface area contributed by atoms with Crippen LogP contribution in [-0.2, 0) is 24.4 Å². The van der Waals surface area contributed by atoms with Gasteiger partial charge in [-0.3, -0.25) is 9.35 Å². The Kier molecular flexibility index (Phi) is 5.36. The average Bonchev–Trinajstić information content (AvgIpc) is 3.26. The van der Waals surface area contributed by atoms with Crippen LogP contribution >= 0.6 is 0 Å². The van der Waals surface area contributed by atoms with E-state index in [1.54, 1.807) is 0 Å². The lowest BCUT2D eigenvalue weighted by Gasteiger charge is -2.28. The number of alkyl halides is 2. The Hall–Kier alpha value is -0.840. The van der Waals surface area contributed by atoms with Crippen molar-refractivity contribution in [2.24, 2.45) is 5.92 Å². The van der Waals surface area contributed by atoms with E-state index in [4.69, 9.17) is 14.0 Å². The summed E-state index contributed by atoms with van der Waals surface area (Å²) in [5.41, 5.74) is 0. The van der Waals surface area contributed by atoms with Gasteiger partial charge in [0.25, 0.3) is 0 Å². The molecule has 1 unspecified atom stereocenters. The Balaban J connectivity index is 1.68. The highest BCUT2D eigenvalue weighted by Crippen LogP contribution is 2.27. The molecule has 2 N–H and O–H groups in total. The Morgan fingerprint density at radius 1 is 1.32 bits per heavy atom. The molecule has 2 rings (SSSR count). The molecule has 2 fully saturated rings. The number of ether oxygens (including phenoxy) is 2. The maximum atomic E-state index is 13.0. The zero-order valence-corrected chi connectivity index (χ0v) is 12.7. The van der Waals surface area contributed by atoms with Crippen LogP contribution in [0.25, 0.3) is 0 Å². The number of carbonyl (C=O) groups is 1. The predicted octanol–water partition coefficient (Wildman–Crippen LogP) is 0.557. The van der Waals surface area contributed by atoms with E-state index in [1.165, 1.54) is 0 Å². The van der Waals surface area contributed by atoms with Gasteiger partial charge in [-0.25, -0.2) is 0 Å². The summed E-state index contributed by atoms with van der Waals surface area (Å²) >= 11 is 0. The number of hydrogen-bond acceptors (Lipinski definition) is 5. The smallest absolute Gasteiger partial charge is 0.375 e. The molecule has 128 valence electrons. The van der Waals surface area contributed by atoms with E-state index in [1.807, 2.05) is 5.32 Å². The summed E-state index contributed by atoms with van der Waals surface area (Å²) in [5.74, 6) is -2.02. The summed E-state index contributed by atoms with van der Waals surface area (Å²) in [7, 11) is -5.75. The molecule has 0 aromatic carbocycles. The van der Waals surface area contributed by atoms with Gasteiger partial charge in [0.05, 0.1) is 19.3 Å². The number of halogens is 2. The van der Waals surface area contributed by atoms with Gasteiger partial charge in [0.2, 0.25) is 0 Å². The van der Waals surface area contributed by atoms with Crippen molar-refractivity contribution in [3.8, 4) is 0 Å². The number of nitrogens with one attached hydrogen (secondary N) is 1. The monoisotopic (exact) mass is 343 g/mol. The van der Waals surface area contributed by atoms with E-state index in [2.05, 4.69) is 0 Å². The molecule has 22 heavy (non-hydrogen) atoms. The van der Waals surface area contributed by atoms with Crippen molar-refractivity contribution in [2.75, 3.05) is 19.8 Å². The highest BCUT2D eigenvalue weighted by atomic mass is 32.2. The molecule has 0 radical (unpaired) electrons. The molecule has 1 saturated heterocycles. The molecular weight excluding hydrogens is 324 g/mol. The topological polar surface area (TPSA) is 105 Å². The minimum atomic E-state index is -5.75. The lowest BCUT2D eigenvalue weighted by Crippen LogP contribution is -2.47. The fourth-order valence-electron chi connectivity index (χ4n) is 2.37. The van der Waals surface area contributed by atoms with Crippen molar-refractivity contribution in [1.29, 1.82) is 0 Å². The molecule has 0 bridgehead atoms. The molecule has 1 amide bonds. The van der Waals surface area contributed by atoms with Gasteiger partial charge in [-0.05, 0) is 31.6 Å². The lowest BCUT2D eigenvalue weighted by atomic mass is 9.87. The molecule has 1 saturated carbocycles. The Labute approximate surface area is 127 Å². The molecule has 1 atom stereocenters. The van der Waals surface area contributed by atoms with E-state index < -0.39 is 21.3 Å². The molecule has 1 heterocycles. The van der Waals surface area contributed by atoms with Crippen LogP contribution in [-0.4, -0.2) is 56.1 Å². The van der Waals surface area contributed by atoms with E-state index >= 15 is 0 Å². The first-order chi connectivity index (χ1) is 10.2. The zero-order chi connectivity index (χ0) is 16.4. The maximum Gasteiger partial charge on any atom is 0.446 e. The van der Waals surface area contributed by atoms with Crippen LogP contribution in [0.15, 0.2) is 0 Å². The van der Waals surface area contributed by atoms with Crippen molar-refractivity contribution in [2.45, 2.75) is 43.1 Å². The second-order valence-electron chi connectivity index (χ2n) is 5.63. The van der Waals surface area contributed by atoms with Gasteiger partial charge in [-0.15, -0.1) is 0 Å². The highest BCUT2D eigenvalue weighted by Gasteiger charge is 2.52. The van der Waals surface area contributed by atoms with Gasteiger partial charge in [0.15, 0.2) is 0 Å². The number of amides is 1. The van der Waals surface area contributed by atoms with Gasteiger partial charge >= 0.3 is 21.3 Å². The third-order valence-electron chi connectivity index (χ3n) is 3.85. The van der Waals surface area contributed by atoms with Crippen LogP contribution in [0.5, 0.6) is 0 Å². The summed E-state index contributed by atoms with van der Waals surface area (Å²) < 4.78 is 66.0. The first-order valence-electron chi connectivity index (χ1n) is 7.06. The Bertz CT molecular complexity index is 500. The van der Waals surface area contributed by atoms with Gasteiger partial charge < -0.3 is 14.8 Å². The molecule has 0 aromatic heterocycles. The van der Waals surface area contributed by atoms with Crippen molar-refractivity contribution >= 4 is 16.0 Å². The quantitative estimate of drug-likeness (QED) is 0.517. The Morgan fingerprint density at radius 3 is 2.41 bits per heavy atom. The van der Waals surface area contributed by atoms with Crippen LogP contribution in [0.3, 0.4) is 0 Å². The first kappa shape index (κ1) is 17.5. The number of carbonyl (C=O) groups excluding carboxylic acids is 1. The first-order valence-corrected chi connectivity index (χ1v) is 8.50. The predicted molar refractivity (Wildman–Crippen MR) is 70.9 cm³/mol. The summed E-state index contributed by atoms with van der Waals surface area (Å²) in [6, 6.07) is 0. The van der Waals surface area contributed by atoms with Crippen molar-refractivity contribution in [1.82, 2.24) is 5.32 Å². The third-order valence-corrected chi connectivity index (χ3v) is 4.69. The normalized spacial score (nSPS) is 29.1. The molecule has 0 aromatic rings. The fraction of sp³-hybridized carbons (Fsp3) is 0.917. The van der Waals surface area contributed by atoms with Crippen LogP contribution in [0, 0.1) is 5.92 Å². The summed E-state index contributed by atoms with van der Waals surface area (Å²) in [5, 5.41) is -2.94. The molecule has 1 aliphatic heterocycles. The van der Waals surface area contributed by atoms with E-state index in [9.17, 15) is 22.0 Å². The molecule has 7 nitrogen and oxygen atoms in total. The minimum absolute atomic E-state index is 0.0156. The molecular formula is C12H19F2NO6S. The van der Waals surface area contributed by atoms with Gasteiger partial charge in [-0.1, -0.05) is 0 Å². The number of hydrogen-bond donors (Lipinski definition) is 2. The van der Waals surface area contributed by atoms with Gasteiger partial charge in [0, 0.05) is 6.54 Å². The third kappa shape index (κ3) is 4.58. The number of rotatable bonds is 7. The molecule has 2 aliphatic rings. The molecule has 10 heteroatoms. The second kappa shape index (κ2) is 6.73. The van der Waals surface area contributed by atoms with Crippen molar-refractivity contribution in [3.05, 3.63) is 0 Å². The summed E-state index contributed by atoms with van der Waals surface area (Å²) in [6.07, 6.45) is 3.18.